The van der Waals surface area contributed by atoms with Gasteiger partial charge in [-0.05, 0) is 30.9 Å². The minimum Gasteiger partial charge on any atom is -0.351 e. The highest BCUT2D eigenvalue weighted by molar-refractivity contribution is 5.82. The van der Waals surface area contributed by atoms with E-state index in [1.165, 1.54) is 24.0 Å². The van der Waals surface area contributed by atoms with E-state index in [1.54, 1.807) is 0 Å². The van der Waals surface area contributed by atoms with Crippen molar-refractivity contribution in [2.45, 2.75) is 44.8 Å². The Balaban J connectivity index is 1.58. The van der Waals surface area contributed by atoms with Crippen LogP contribution in [0.15, 0.2) is 24.3 Å². The first-order chi connectivity index (χ1) is 9.25. The lowest BCUT2D eigenvalue weighted by Gasteiger charge is -2.17. The molecule has 3 rings (SSSR count). The van der Waals surface area contributed by atoms with Crippen LogP contribution < -0.4 is 16.2 Å². The molecule has 4 heteroatoms. The molecule has 4 nitrogen and oxygen atoms in total. The molecule has 3 unspecified atom stereocenters. The molecule has 1 aromatic carbocycles. The van der Waals surface area contributed by atoms with Gasteiger partial charge in [-0.25, -0.2) is 5.43 Å². The standard InChI is InChI=1S/C15H21N3O/c1-10-5-2-3-6-11(10)9-16-15(19)14-12-7-4-8-13(12)17-18-14/h2-3,5-6,12-14,17-18H,4,7-9H2,1H3,(H,16,19). The monoisotopic (exact) mass is 259 g/mol. The van der Waals surface area contributed by atoms with Gasteiger partial charge < -0.3 is 5.32 Å². The second-order valence-corrected chi connectivity index (χ2v) is 5.61. The highest BCUT2D eigenvalue weighted by Crippen LogP contribution is 2.31. The summed E-state index contributed by atoms with van der Waals surface area (Å²) in [5.74, 6) is 0.571. The van der Waals surface area contributed by atoms with Gasteiger partial charge in [0, 0.05) is 18.5 Å². The Morgan fingerprint density at radius 1 is 1.32 bits per heavy atom. The summed E-state index contributed by atoms with van der Waals surface area (Å²) in [6.07, 6.45) is 3.55. The van der Waals surface area contributed by atoms with Gasteiger partial charge in [0.1, 0.15) is 6.04 Å². The molecule has 1 amide bonds. The molecule has 19 heavy (non-hydrogen) atoms. The normalized spacial score (nSPS) is 29.2. The average molecular weight is 259 g/mol. The van der Waals surface area contributed by atoms with Crippen LogP contribution in [-0.2, 0) is 11.3 Å². The predicted octanol–water partition coefficient (Wildman–Crippen LogP) is 1.26. The molecular formula is C15H21N3O. The second-order valence-electron chi connectivity index (χ2n) is 5.61. The predicted molar refractivity (Wildman–Crippen MR) is 74.2 cm³/mol. The number of aryl methyl sites for hydroxylation is 1. The molecule has 1 saturated heterocycles. The zero-order chi connectivity index (χ0) is 13.2. The molecule has 0 radical (unpaired) electrons. The maximum Gasteiger partial charge on any atom is 0.239 e. The quantitative estimate of drug-likeness (QED) is 0.766. The van der Waals surface area contributed by atoms with Crippen LogP contribution in [-0.4, -0.2) is 18.0 Å². The topological polar surface area (TPSA) is 53.2 Å². The van der Waals surface area contributed by atoms with Crippen molar-refractivity contribution < 1.29 is 4.79 Å². The lowest BCUT2D eigenvalue weighted by atomic mass is 9.96. The summed E-state index contributed by atoms with van der Waals surface area (Å²) >= 11 is 0. The minimum absolute atomic E-state index is 0.0727. The fourth-order valence-electron chi connectivity index (χ4n) is 3.23. The maximum absolute atomic E-state index is 12.3. The molecule has 1 heterocycles. The number of rotatable bonds is 3. The van der Waals surface area contributed by atoms with Crippen LogP contribution in [0.4, 0.5) is 0 Å². The number of hydrazine groups is 1. The van der Waals surface area contributed by atoms with Gasteiger partial charge in [0.25, 0.3) is 0 Å². The molecule has 1 saturated carbocycles. The smallest absolute Gasteiger partial charge is 0.239 e. The molecule has 0 spiro atoms. The van der Waals surface area contributed by atoms with E-state index in [9.17, 15) is 4.79 Å². The zero-order valence-electron chi connectivity index (χ0n) is 11.3. The van der Waals surface area contributed by atoms with Gasteiger partial charge in [0.05, 0.1) is 0 Å². The molecule has 102 valence electrons. The van der Waals surface area contributed by atoms with Crippen molar-refractivity contribution in [2.75, 3.05) is 0 Å². The van der Waals surface area contributed by atoms with Gasteiger partial charge in [-0.3, -0.25) is 10.2 Å². The molecule has 1 aromatic rings. The maximum atomic E-state index is 12.3. The van der Waals surface area contributed by atoms with E-state index >= 15 is 0 Å². The van der Waals surface area contributed by atoms with Crippen molar-refractivity contribution >= 4 is 5.91 Å². The van der Waals surface area contributed by atoms with Gasteiger partial charge >= 0.3 is 0 Å². The van der Waals surface area contributed by atoms with Crippen molar-refractivity contribution in [3.63, 3.8) is 0 Å². The Morgan fingerprint density at radius 2 is 2.16 bits per heavy atom. The van der Waals surface area contributed by atoms with Crippen LogP contribution in [0.1, 0.15) is 30.4 Å². The fourth-order valence-corrected chi connectivity index (χ4v) is 3.23. The van der Waals surface area contributed by atoms with Crippen LogP contribution in [0.5, 0.6) is 0 Å². The van der Waals surface area contributed by atoms with Crippen molar-refractivity contribution in [1.29, 1.82) is 0 Å². The summed E-state index contributed by atoms with van der Waals surface area (Å²) in [5, 5.41) is 3.05. The summed E-state index contributed by atoms with van der Waals surface area (Å²) in [7, 11) is 0. The van der Waals surface area contributed by atoms with E-state index in [-0.39, 0.29) is 11.9 Å². The summed E-state index contributed by atoms with van der Waals surface area (Å²) < 4.78 is 0. The first-order valence-electron chi connectivity index (χ1n) is 7.09. The van der Waals surface area contributed by atoms with Crippen LogP contribution in [0.25, 0.3) is 0 Å². The summed E-state index contributed by atoms with van der Waals surface area (Å²) in [5.41, 5.74) is 8.80. The molecule has 1 aliphatic heterocycles. The number of fused-ring (bicyclic) bond motifs is 1. The number of amides is 1. The van der Waals surface area contributed by atoms with Crippen molar-refractivity contribution in [2.24, 2.45) is 5.92 Å². The lowest BCUT2D eigenvalue weighted by Crippen LogP contribution is -2.45. The van der Waals surface area contributed by atoms with E-state index in [2.05, 4.69) is 35.2 Å². The number of carbonyl (C=O) groups is 1. The molecular weight excluding hydrogens is 238 g/mol. The van der Waals surface area contributed by atoms with E-state index in [0.29, 0.717) is 18.5 Å². The largest absolute Gasteiger partial charge is 0.351 e. The van der Waals surface area contributed by atoms with Crippen molar-refractivity contribution in [3.05, 3.63) is 35.4 Å². The van der Waals surface area contributed by atoms with Gasteiger partial charge in [0.2, 0.25) is 5.91 Å². The summed E-state index contributed by atoms with van der Waals surface area (Å²) in [4.78, 5) is 12.3. The molecule has 0 aromatic heterocycles. The van der Waals surface area contributed by atoms with Crippen molar-refractivity contribution in [3.8, 4) is 0 Å². The molecule has 2 aliphatic rings. The Kier molecular flexibility index (Phi) is 3.53. The van der Waals surface area contributed by atoms with E-state index < -0.39 is 0 Å². The molecule has 2 fully saturated rings. The molecule has 0 bridgehead atoms. The van der Waals surface area contributed by atoms with Crippen LogP contribution >= 0.6 is 0 Å². The van der Waals surface area contributed by atoms with Crippen LogP contribution in [0.2, 0.25) is 0 Å². The first kappa shape index (κ1) is 12.6. The summed E-state index contributed by atoms with van der Waals surface area (Å²) in [6.45, 7) is 2.69. The third kappa shape index (κ3) is 2.51. The van der Waals surface area contributed by atoms with Crippen molar-refractivity contribution in [1.82, 2.24) is 16.2 Å². The van der Waals surface area contributed by atoms with Gasteiger partial charge in [-0.15, -0.1) is 0 Å². The number of benzene rings is 1. The zero-order valence-corrected chi connectivity index (χ0v) is 11.3. The third-order valence-corrected chi connectivity index (χ3v) is 4.42. The number of hydrogen-bond donors (Lipinski definition) is 3. The SMILES string of the molecule is Cc1ccccc1CNC(=O)C1NNC2CCCC21. The highest BCUT2D eigenvalue weighted by atomic mass is 16.2. The second kappa shape index (κ2) is 5.31. The van der Waals surface area contributed by atoms with Crippen LogP contribution in [0.3, 0.4) is 0 Å². The number of nitrogens with one attached hydrogen (secondary N) is 3. The summed E-state index contributed by atoms with van der Waals surface area (Å²) in [6, 6.07) is 8.58. The first-order valence-corrected chi connectivity index (χ1v) is 7.09. The average Bonchev–Trinajstić information content (AvgIpc) is 2.99. The molecule has 3 atom stereocenters. The molecule has 3 N–H and O–H groups in total. The van der Waals surface area contributed by atoms with E-state index in [0.717, 1.165) is 6.42 Å². The Hall–Kier alpha value is -1.39. The number of carbonyl (C=O) groups excluding carboxylic acids is 1. The highest BCUT2D eigenvalue weighted by Gasteiger charge is 2.42. The Bertz CT molecular complexity index is 474. The lowest BCUT2D eigenvalue weighted by molar-refractivity contribution is -0.123. The van der Waals surface area contributed by atoms with Gasteiger partial charge in [-0.2, -0.15) is 0 Å². The molecule has 1 aliphatic carbocycles. The van der Waals surface area contributed by atoms with Gasteiger partial charge in [-0.1, -0.05) is 30.7 Å². The third-order valence-electron chi connectivity index (χ3n) is 4.42. The van der Waals surface area contributed by atoms with E-state index in [1.807, 2.05) is 12.1 Å². The minimum atomic E-state index is -0.0727. The van der Waals surface area contributed by atoms with Gasteiger partial charge in [0.15, 0.2) is 0 Å². The fraction of sp³-hybridized carbons (Fsp3) is 0.533. The van der Waals surface area contributed by atoms with E-state index in [4.69, 9.17) is 0 Å². The Morgan fingerprint density at radius 3 is 3.00 bits per heavy atom. The number of hydrogen-bond acceptors (Lipinski definition) is 3. The van der Waals surface area contributed by atoms with Crippen LogP contribution in [0, 0.1) is 12.8 Å². The Labute approximate surface area is 113 Å².